The van der Waals surface area contributed by atoms with Gasteiger partial charge in [-0.3, -0.25) is 0 Å². The lowest BCUT2D eigenvalue weighted by molar-refractivity contribution is 0.561. The highest BCUT2D eigenvalue weighted by atomic mass is 35.5. The van der Waals surface area contributed by atoms with Crippen LogP contribution in [0.2, 0.25) is 5.02 Å². The largest absolute Gasteiger partial charge is 0.0843 e. The van der Waals surface area contributed by atoms with Crippen molar-refractivity contribution in [3.8, 4) is 11.1 Å². The van der Waals surface area contributed by atoms with E-state index in [9.17, 15) is 0 Å². The lowest BCUT2D eigenvalue weighted by Gasteiger charge is -2.46. The molecule has 0 fully saturated rings. The number of hydrogen-bond donors (Lipinski definition) is 0. The summed E-state index contributed by atoms with van der Waals surface area (Å²) in [4.78, 5) is 0. The number of halogens is 1. The van der Waals surface area contributed by atoms with Crippen LogP contribution in [0.1, 0.15) is 73.6 Å². The maximum Gasteiger partial charge on any atom is 0.0720 e. The first-order chi connectivity index (χ1) is 15.7. The predicted molar refractivity (Wildman–Crippen MR) is 140 cm³/mol. The SMILES string of the molecule is CC(C)(C)c1cccc2c1-c1ccc(Cl)cc1C21c2ccccc2C(C)(C)c2ccccc21. The average molecular weight is 449 g/mol. The van der Waals surface area contributed by atoms with Gasteiger partial charge in [0.1, 0.15) is 0 Å². The molecule has 0 radical (unpaired) electrons. The normalized spacial score (nSPS) is 16.7. The van der Waals surface area contributed by atoms with Crippen LogP contribution in [0, 0.1) is 0 Å². The highest BCUT2D eigenvalue weighted by molar-refractivity contribution is 6.30. The van der Waals surface area contributed by atoms with Crippen molar-refractivity contribution in [3.63, 3.8) is 0 Å². The lowest BCUT2D eigenvalue weighted by Crippen LogP contribution is -2.40. The Kier molecular flexibility index (Phi) is 4.16. The molecule has 0 saturated carbocycles. The van der Waals surface area contributed by atoms with Gasteiger partial charge in [-0.25, -0.2) is 0 Å². The first-order valence-corrected chi connectivity index (χ1v) is 12.2. The monoisotopic (exact) mass is 448 g/mol. The van der Waals surface area contributed by atoms with E-state index in [1.807, 2.05) is 6.07 Å². The predicted octanol–water partition coefficient (Wildman–Crippen LogP) is 8.64. The molecule has 33 heavy (non-hydrogen) atoms. The van der Waals surface area contributed by atoms with Gasteiger partial charge in [0.2, 0.25) is 0 Å². The van der Waals surface area contributed by atoms with Crippen LogP contribution in [-0.4, -0.2) is 0 Å². The quantitative estimate of drug-likeness (QED) is 0.222. The molecule has 2 aliphatic rings. The van der Waals surface area contributed by atoms with E-state index in [0.717, 1.165) is 5.02 Å². The molecule has 2 aliphatic carbocycles. The third-order valence-corrected chi connectivity index (χ3v) is 8.18. The van der Waals surface area contributed by atoms with E-state index in [0.29, 0.717) is 0 Å². The molecule has 164 valence electrons. The van der Waals surface area contributed by atoms with Crippen molar-refractivity contribution in [1.82, 2.24) is 0 Å². The molecule has 0 amide bonds. The van der Waals surface area contributed by atoms with Gasteiger partial charge in [0.15, 0.2) is 0 Å². The Bertz CT molecular complexity index is 1380. The summed E-state index contributed by atoms with van der Waals surface area (Å²) in [6.45, 7) is 11.7. The van der Waals surface area contributed by atoms with Gasteiger partial charge in [0, 0.05) is 10.4 Å². The molecule has 0 aliphatic heterocycles. The van der Waals surface area contributed by atoms with E-state index in [1.165, 1.54) is 50.1 Å². The van der Waals surface area contributed by atoms with Crippen molar-refractivity contribution >= 4 is 11.6 Å². The molecule has 0 atom stereocenters. The van der Waals surface area contributed by atoms with E-state index < -0.39 is 0 Å². The highest BCUT2D eigenvalue weighted by Gasteiger charge is 2.53. The van der Waals surface area contributed by atoms with Crippen LogP contribution in [0.3, 0.4) is 0 Å². The van der Waals surface area contributed by atoms with E-state index in [-0.39, 0.29) is 16.2 Å². The molecule has 0 saturated heterocycles. The Morgan fingerprint density at radius 3 is 1.73 bits per heavy atom. The molecule has 0 heterocycles. The Labute approximate surface area is 202 Å². The topological polar surface area (TPSA) is 0 Å². The molecular formula is C32H29Cl. The molecule has 0 N–H and O–H groups in total. The molecule has 0 nitrogen and oxygen atoms in total. The van der Waals surface area contributed by atoms with E-state index >= 15 is 0 Å². The van der Waals surface area contributed by atoms with Gasteiger partial charge < -0.3 is 0 Å². The summed E-state index contributed by atoms with van der Waals surface area (Å²) in [6.07, 6.45) is 0. The Balaban J connectivity index is 1.88. The summed E-state index contributed by atoms with van der Waals surface area (Å²) in [7, 11) is 0. The fourth-order valence-electron chi connectivity index (χ4n) is 6.55. The van der Waals surface area contributed by atoms with Crippen molar-refractivity contribution < 1.29 is 0 Å². The minimum Gasteiger partial charge on any atom is -0.0843 e. The lowest BCUT2D eigenvalue weighted by atomic mass is 9.55. The van der Waals surface area contributed by atoms with Crippen molar-refractivity contribution in [2.75, 3.05) is 0 Å². The average Bonchev–Trinajstić information content (AvgIpc) is 3.07. The van der Waals surface area contributed by atoms with Crippen LogP contribution in [0.25, 0.3) is 11.1 Å². The smallest absolute Gasteiger partial charge is 0.0720 e. The summed E-state index contributed by atoms with van der Waals surface area (Å²) in [5.41, 5.74) is 11.9. The number of benzene rings is 4. The molecule has 4 aromatic carbocycles. The van der Waals surface area contributed by atoms with Gasteiger partial charge in [-0.15, -0.1) is 0 Å². The van der Waals surface area contributed by atoms with Gasteiger partial charge >= 0.3 is 0 Å². The first kappa shape index (κ1) is 20.8. The van der Waals surface area contributed by atoms with E-state index in [4.69, 9.17) is 11.6 Å². The van der Waals surface area contributed by atoms with Gasteiger partial charge in [-0.05, 0) is 67.6 Å². The zero-order chi connectivity index (χ0) is 23.2. The zero-order valence-corrected chi connectivity index (χ0v) is 20.7. The van der Waals surface area contributed by atoms with Crippen LogP contribution in [0.4, 0.5) is 0 Å². The van der Waals surface area contributed by atoms with Crippen molar-refractivity contribution in [1.29, 1.82) is 0 Å². The van der Waals surface area contributed by atoms with E-state index in [2.05, 4.69) is 113 Å². The Morgan fingerprint density at radius 2 is 1.15 bits per heavy atom. The van der Waals surface area contributed by atoms with Crippen LogP contribution in [0.15, 0.2) is 84.9 Å². The number of rotatable bonds is 0. The molecule has 0 bridgehead atoms. The van der Waals surface area contributed by atoms with Crippen LogP contribution in [-0.2, 0) is 16.2 Å². The van der Waals surface area contributed by atoms with Crippen molar-refractivity contribution in [3.05, 3.63) is 129 Å². The first-order valence-electron chi connectivity index (χ1n) is 11.8. The van der Waals surface area contributed by atoms with Gasteiger partial charge in [-0.2, -0.15) is 0 Å². The standard InChI is InChI=1S/C32H29Cl/c1-30(2,3)26-15-10-16-27-29(26)21-18-17-20(33)19-28(21)32(27)24-13-8-6-11-22(24)31(4,5)23-12-7-9-14-25(23)32/h6-19H,1-5H3. The third kappa shape index (κ3) is 2.53. The fraction of sp³-hybridized carbons (Fsp3) is 0.250. The Hall–Kier alpha value is -2.83. The zero-order valence-electron chi connectivity index (χ0n) is 20.0. The molecule has 0 aromatic heterocycles. The van der Waals surface area contributed by atoms with Crippen LogP contribution in [0.5, 0.6) is 0 Å². The molecule has 1 spiro atoms. The van der Waals surface area contributed by atoms with Crippen LogP contribution >= 0.6 is 11.6 Å². The summed E-state index contributed by atoms with van der Waals surface area (Å²) in [5.74, 6) is 0. The molecule has 0 unspecified atom stereocenters. The van der Waals surface area contributed by atoms with Crippen molar-refractivity contribution in [2.45, 2.75) is 50.9 Å². The third-order valence-electron chi connectivity index (χ3n) is 7.94. The van der Waals surface area contributed by atoms with Crippen LogP contribution < -0.4 is 0 Å². The molecular weight excluding hydrogens is 420 g/mol. The fourth-order valence-corrected chi connectivity index (χ4v) is 6.72. The minimum atomic E-state index is -0.375. The maximum atomic E-state index is 6.71. The maximum absolute atomic E-state index is 6.71. The Morgan fingerprint density at radius 1 is 0.606 bits per heavy atom. The van der Waals surface area contributed by atoms with Gasteiger partial charge in [-0.1, -0.05) is 119 Å². The highest BCUT2D eigenvalue weighted by Crippen LogP contribution is 2.63. The summed E-state index contributed by atoms with van der Waals surface area (Å²) >= 11 is 6.71. The second kappa shape index (κ2) is 6.61. The second-order valence-corrected chi connectivity index (χ2v) is 11.6. The molecule has 6 rings (SSSR count). The van der Waals surface area contributed by atoms with E-state index in [1.54, 1.807) is 0 Å². The molecule has 4 aromatic rings. The van der Waals surface area contributed by atoms with Crippen molar-refractivity contribution in [2.24, 2.45) is 0 Å². The minimum absolute atomic E-state index is 0.0285. The number of fused-ring (bicyclic) bond motifs is 9. The van der Waals surface area contributed by atoms with Gasteiger partial charge in [0.25, 0.3) is 0 Å². The van der Waals surface area contributed by atoms with Gasteiger partial charge in [0.05, 0.1) is 5.41 Å². The second-order valence-electron chi connectivity index (χ2n) is 11.1. The summed E-state index contributed by atoms with van der Waals surface area (Å²) in [5, 5.41) is 0.790. The summed E-state index contributed by atoms with van der Waals surface area (Å²) in [6, 6.07) is 31.5. The molecule has 1 heteroatoms. The number of hydrogen-bond acceptors (Lipinski definition) is 0. The summed E-state index contributed by atoms with van der Waals surface area (Å²) < 4.78 is 0.